The summed E-state index contributed by atoms with van der Waals surface area (Å²) in [5.41, 5.74) is 7.03. The lowest BCUT2D eigenvalue weighted by Crippen LogP contribution is -2.39. The van der Waals surface area contributed by atoms with E-state index in [4.69, 9.17) is 5.73 Å². The first-order valence-corrected chi connectivity index (χ1v) is 7.77. The lowest BCUT2D eigenvalue weighted by molar-refractivity contribution is -0.119. The maximum absolute atomic E-state index is 12.7. The number of para-hydroxylation sites is 1. The van der Waals surface area contributed by atoms with E-state index in [2.05, 4.69) is 6.92 Å². The molecule has 20 heavy (non-hydrogen) atoms. The Balaban J connectivity index is 2.20. The smallest absolute Gasteiger partial charge is 0.249 e. The molecule has 0 saturated heterocycles. The fraction of sp³-hybridized carbons (Fsp3) is 0.312. The van der Waals surface area contributed by atoms with Crippen LogP contribution in [0.15, 0.2) is 47.8 Å². The average Bonchev–Trinajstić information content (AvgIpc) is 3.02. The predicted octanol–water partition coefficient (Wildman–Crippen LogP) is 3.58. The van der Waals surface area contributed by atoms with E-state index in [0.29, 0.717) is 6.54 Å². The number of hydrogen-bond acceptors (Lipinski definition) is 3. The molecule has 0 spiro atoms. The molecule has 1 aromatic heterocycles. The monoisotopic (exact) mass is 288 g/mol. The number of carbonyl (C=O) groups is 1. The lowest BCUT2D eigenvalue weighted by atomic mass is 10.2. The minimum absolute atomic E-state index is 0.0351. The molecule has 0 bridgehead atoms. The number of anilines is 1. The Bertz CT molecular complexity index is 525. The van der Waals surface area contributed by atoms with Crippen molar-refractivity contribution in [2.75, 3.05) is 11.4 Å². The zero-order valence-corrected chi connectivity index (χ0v) is 12.5. The van der Waals surface area contributed by atoms with Crippen molar-refractivity contribution in [3.8, 4) is 0 Å². The maximum Gasteiger partial charge on any atom is 0.249 e. The fourth-order valence-electron chi connectivity index (χ4n) is 2.05. The number of benzene rings is 1. The fourth-order valence-corrected chi connectivity index (χ4v) is 2.77. The summed E-state index contributed by atoms with van der Waals surface area (Å²) in [6, 6.07) is 13.0. The molecule has 4 heteroatoms. The van der Waals surface area contributed by atoms with E-state index in [9.17, 15) is 4.79 Å². The zero-order valence-electron chi connectivity index (χ0n) is 11.7. The molecule has 0 fully saturated rings. The van der Waals surface area contributed by atoms with Crippen LogP contribution in [0.5, 0.6) is 0 Å². The Kier molecular flexibility index (Phi) is 5.32. The van der Waals surface area contributed by atoms with Gasteiger partial charge in [0.2, 0.25) is 5.91 Å². The summed E-state index contributed by atoms with van der Waals surface area (Å²) >= 11 is 1.52. The van der Waals surface area contributed by atoms with Crippen molar-refractivity contribution in [1.29, 1.82) is 0 Å². The van der Waals surface area contributed by atoms with Crippen molar-refractivity contribution in [2.45, 2.75) is 25.8 Å². The number of thiophene rings is 1. The third kappa shape index (κ3) is 3.46. The molecule has 1 amide bonds. The SMILES string of the molecule is CCCCN(C(=O)C(N)c1cccs1)c1ccccc1. The van der Waals surface area contributed by atoms with Gasteiger partial charge in [-0.3, -0.25) is 4.79 Å². The van der Waals surface area contributed by atoms with Gasteiger partial charge < -0.3 is 10.6 Å². The molecule has 3 nitrogen and oxygen atoms in total. The van der Waals surface area contributed by atoms with Crippen molar-refractivity contribution in [3.63, 3.8) is 0 Å². The molecule has 0 aliphatic carbocycles. The molecular formula is C16H20N2OS. The highest BCUT2D eigenvalue weighted by atomic mass is 32.1. The molecule has 106 valence electrons. The number of amides is 1. The number of rotatable bonds is 6. The molecule has 2 aromatic rings. The molecule has 1 unspecified atom stereocenters. The molecule has 2 N–H and O–H groups in total. The van der Waals surface area contributed by atoms with E-state index in [0.717, 1.165) is 23.4 Å². The van der Waals surface area contributed by atoms with Crippen molar-refractivity contribution in [1.82, 2.24) is 0 Å². The summed E-state index contributed by atoms with van der Waals surface area (Å²) in [6.07, 6.45) is 2.02. The second-order valence-electron chi connectivity index (χ2n) is 4.67. The van der Waals surface area contributed by atoms with Crippen LogP contribution in [0, 0.1) is 0 Å². The second-order valence-corrected chi connectivity index (χ2v) is 5.65. The highest BCUT2D eigenvalue weighted by molar-refractivity contribution is 7.10. The summed E-state index contributed by atoms with van der Waals surface area (Å²) in [4.78, 5) is 15.4. The van der Waals surface area contributed by atoms with Crippen molar-refractivity contribution in [2.24, 2.45) is 5.73 Å². The van der Waals surface area contributed by atoms with Crippen LogP contribution in [0.25, 0.3) is 0 Å². The first kappa shape index (κ1) is 14.8. The van der Waals surface area contributed by atoms with Crippen LogP contribution in [-0.2, 0) is 4.79 Å². The Labute approximate surface area is 124 Å². The summed E-state index contributed by atoms with van der Waals surface area (Å²) in [6.45, 7) is 2.82. The highest BCUT2D eigenvalue weighted by Crippen LogP contribution is 2.23. The molecule has 0 aliphatic rings. The van der Waals surface area contributed by atoms with Crippen molar-refractivity contribution < 1.29 is 4.79 Å². The second kappa shape index (κ2) is 7.22. The number of unbranched alkanes of at least 4 members (excludes halogenated alkanes) is 1. The summed E-state index contributed by atoms with van der Waals surface area (Å²) < 4.78 is 0. The van der Waals surface area contributed by atoms with Crippen LogP contribution < -0.4 is 10.6 Å². The van der Waals surface area contributed by atoms with Gasteiger partial charge in [0, 0.05) is 17.1 Å². The maximum atomic E-state index is 12.7. The Hall–Kier alpha value is -1.65. The number of nitrogens with two attached hydrogens (primary N) is 1. The summed E-state index contributed by atoms with van der Waals surface area (Å²) in [7, 11) is 0. The summed E-state index contributed by atoms with van der Waals surface area (Å²) in [5, 5.41) is 1.95. The molecule has 0 saturated carbocycles. The Morgan fingerprint density at radius 1 is 1.25 bits per heavy atom. The van der Waals surface area contributed by atoms with E-state index >= 15 is 0 Å². The van der Waals surface area contributed by atoms with Gasteiger partial charge in [0.05, 0.1) is 0 Å². The third-order valence-electron chi connectivity index (χ3n) is 3.18. The van der Waals surface area contributed by atoms with Gasteiger partial charge >= 0.3 is 0 Å². The van der Waals surface area contributed by atoms with E-state index in [1.165, 1.54) is 11.3 Å². The topological polar surface area (TPSA) is 46.3 Å². The molecule has 0 radical (unpaired) electrons. The van der Waals surface area contributed by atoms with Crippen LogP contribution in [0.4, 0.5) is 5.69 Å². The minimum atomic E-state index is -0.577. The van der Waals surface area contributed by atoms with Crippen LogP contribution in [-0.4, -0.2) is 12.5 Å². The molecule has 1 heterocycles. The number of hydrogen-bond donors (Lipinski definition) is 1. The highest BCUT2D eigenvalue weighted by Gasteiger charge is 2.23. The predicted molar refractivity (Wildman–Crippen MR) is 85.0 cm³/mol. The normalized spacial score (nSPS) is 12.1. The molecule has 1 atom stereocenters. The van der Waals surface area contributed by atoms with Crippen LogP contribution in [0.1, 0.15) is 30.7 Å². The van der Waals surface area contributed by atoms with Crippen LogP contribution >= 0.6 is 11.3 Å². The van der Waals surface area contributed by atoms with Gasteiger partial charge in [0.25, 0.3) is 0 Å². The Morgan fingerprint density at radius 2 is 2.00 bits per heavy atom. The van der Waals surface area contributed by atoms with Gasteiger partial charge in [-0.2, -0.15) is 0 Å². The van der Waals surface area contributed by atoms with Crippen molar-refractivity contribution >= 4 is 22.9 Å². The van der Waals surface area contributed by atoms with Gasteiger partial charge in [-0.1, -0.05) is 37.6 Å². The molecular weight excluding hydrogens is 268 g/mol. The summed E-state index contributed by atoms with van der Waals surface area (Å²) in [5.74, 6) is -0.0351. The van der Waals surface area contributed by atoms with Gasteiger partial charge in [-0.25, -0.2) is 0 Å². The number of nitrogens with zero attached hydrogens (tertiary/aromatic N) is 1. The largest absolute Gasteiger partial charge is 0.316 e. The van der Waals surface area contributed by atoms with Gasteiger partial charge in [0.15, 0.2) is 0 Å². The van der Waals surface area contributed by atoms with Gasteiger partial charge in [0.1, 0.15) is 6.04 Å². The minimum Gasteiger partial charge on any atom is -0.316 e. The van der Waals surface area contributed by atoms with E-state index in [1.807, 2.05) is 47.8 Å². The quantitative estimate of drug-likeness (QED) is 0.883. The molecule has 0 aliphatic heterocycles. The molecule has 1 aromatic carbocycles. The average molecular weight is 288 g/mol. The van der Waals surface area contributed by atoms with E-state index in [-0.39, 0.29) is 5.91 Å². The first-order chi connectivity index (χ1) is 9.74. The number of carbonyl (C=O) groups excluding carboxylic acids is 1. The zero-order chi connectivity index (χ0) is 14.4. The Morgan fingerprint density at radius 3 is 2.60 bits per heavy atom. The third-order valence-corrected chi connectivity index (χ3v) is 4.14. The van der Waals surface area contributed by atoms with E-state index in [1.54, 1.807) is 4.90 Å². The van der Waals surface area contributed by atoms with Crippen molar-refractivity contribution in [3.05, 3.63) is 52.7 Å². The lowest BCUT2D eigenvalue weighted by Gasteiger charge is -2.25. The van der Waals surface area contributed by atoms with Crippen LogP contribution in [0.3, 0.4) is 0 Å². The van der Waals surface area contributed by atoms with Crippen LogP contribution in [0.2, 0.25) is 0 Å². The first-order valence-electron chi connectivity index (χ1n) is 6.89. The standard InChI is InChI=1S/C16H20N2OS/c1-2-3-11-18(13-8-5-4-6-9-13)16(19)15(17)14-10-7-12-20-14/h4-10,12,15H,2-3,11,17H2,1H3. The van der Waals surface area contributed by atoms with Gasteiger partial charge in [-0.15, -0.1) is 11.3 Å². The molecule has 2 rings (SSSR count). The van der Waals surface area contributed by atoms with E-state index < -0.39 is 6.04 Å². The van der Waals surface area contributed by atoms with Gasteiger partial charge in [-0.05, 0) is 30.0 Å².